The van der Waals surface area contributed by atoms with Gasteiger partial charge in [0.2, 0.25) is 0 Å². The Balaban J connectivity index is 1.83. The molecule has 17 heavy (non-hydrogen) atoms. The third-order valence-electron chi connectivity index (χ3n) is 4.84. The first kappa shape index (κ1) is 13.1. The molecule has 2 saturated carbocycles. The molecule has 2 rings (SSSR count). The van der Waals surface area contributed by atoms with E-state index in [1.807, 2.05) is 0 Å². The third kappa shape index (κ3) is 3.09. The molecule has 98 valence electrons. The number of hydrogen-bond donors (Lipinski definition) is 1. The Labute approximate surface area is 105 Å². The normalized spacial score (nSPS) is 33.3. The van der Waals surface area contributed by atoms with Gasteiger partial charge in [-0.1, -0.05) is 20.3 Å². The molecule has 0 aromatic carbocycles. The minimum atomic E-state index is 0.120. The van der Waals surface area contributed by atoms with Gasteiger partial charge in [-0.2, -0.15) is 0 Å². The topological polar surface area (TPSA) is 43.1 Å². The van der Waals surface area contributed by atoms with Crippen LogP contribution in [0.25, 0.3) is 0 Å². The highest BCUT2D eigenvalue weighted by molar-refractivity contribution is 5.81. The molecule has 0 spiro atoms. The van der Waals surface area contributed by atoms with Gasteiger partial charge in [0.25, 0.3) is 0 Å². The standard InChI is InChI=1S/C15H27NO/c1-10(2)5-14(9-16)15(17)8-13-7-11-3-4-12(13)6-11/h10-14H,3-9,16H2,1-2H3. The Morgan fingerprint density at radius 3 is 2.53 bits per heavy atom. The molecule has 2 bridgehead atoms. The van der Waals surface area contributed by atoms with Crippen LogP contribution in [0, 0.1) is 29.6 Å². The average Bonchev–Trinajstić information content (AvgIpc) is 2.87. The summed E-state index contributed by atoms with van der Waals surface area (Å²) in [6, 6.07) is 0. The SMILES string of the molecule is CC(C)CC(CN)C(=O)CC1CC2CCC1C2. The number of carbonyl (C=O) groups excluding carboxylic acids is 1. The van der Waals surface area contributed by atoms with Gasteiger partial charge in [-0.25, -0.2) is 0 Å². The van der Waals surface area contributed by atoms with Crippen LogP contribution in [0.1, 0.15) is 52.4 Å². The summed E-state index contributed by atoms with van der Waals surface area (Å²) >= 11 is 0. The lowest BCUT2D eigenvalue weighted by Gasteiger charge is -2.23. The molecule has 0 aromatic heterocycles. The highest BCUT2D eigenvalue weighted by Crippen LogP contribution is 2.49. The summed E-state index contributed by atoms with van der Waals surface area (Å²) in [5, 5.41) is 0. The summed E-state index contributed by atoms with van der Waals surface area (Å²) in [4.78, 5) is 12.3. The first-order chi connectivity index (χ1) is 8.10. The lowest BCUT2D eigenvalue weighted by molar-refractivity contribution is -0.124. The molecular formula is C15H27NO. The third-order valence-corrected chi connectivity index (χ3v) is 4.84. The van der Waals surface area contributed by atoms with Gasteiger partial charge in [-0.05, 0) is 49.4 Å². The van der Waals surface area contributed by atoms with E-state index in [4.69, 9.17) is 5.73 Å². The van der Waals surface area contributed by atoms with E-state index in [2.05, 4.69) is 13.8 Å². The van der Waals surface area contributed by atoms with E-state index in [0.29, 0.717) is 24.2 Å². The Morgan fingerprint density at radius 1 is 1.29 bits per heavy atom. The summed E-state index contributed by atoms with van der Waals surface area (Å²) in [5.74, 6) is 3.64. The molecule has 2 aliphatic rings. The number of ketones is 1. The Bertz CT molecular complexity index is 274. The molecule has 0 aliphatic heterocycles. The molecule has 4 atom stereocenters. The van der Waals surface area contributed by atoms with Crippen LogP contribution in [0.5, 0.6) is 0 Å². The second kappa shape index (κ2) is 5.51. The van der Waals surface area contributed by atoms with Gasteiger partial charge >= 0.3 is 0 Å². The average molecular weight is 237 g/mol. The van der Waals surface area contributed by atoms with Crippen LogP contribution < -0.4 is 5.73 Å². The minimum absolute atomic E-state index is 0.120. The summed E-state index contributed by atoms with van der Waals surface area (Å²) < 4.78 is 0. The van der Waals surface area contributed by atoms with Gasteiger partial charge in [0.15, 0.2) is 0 Å². The van der Waals surface area contributed by atoms with Crippen molar-refractivity contribution in [3.05, 3.63) is 0 Å². The van der Waals surface area contributed by atoms with Crippen molar-refractivity contribution in [1.82, 2.24) is 0 Å². The predicted molar refractivity (Wildman–Crippen MR) is 70.6 cm³/mol. The van der Waals surface area contributed by atoms with Crippen LogP contribution in [0.2, 0.25) is 0 Å². The van der Waals surface area contributed by atoms with Crippen molar-refractivity contribution >= 4 is 5.78 Å². The largest absolute Gasteiger partial charge is 0.330 e. The number of carbonyl (C=O) groups is 1. The van der Waals surface area contributed by atoms with Crippen molar-refractivity contribution in [2.75, 3.05) is 6.54 Å². The van der Waals surface area contributed by atoms with Gasteiger partial charge < -0.3 is 5.73 Å². The van der Waals surface area contributed by atoms with Crippen molar-refractivity contribution in [2.45, 2.75) is 52.4 Å². The number of fused-ring (bicyclic) bond motifs is 2. The van der Waals surface area contributed by atoms with E-state index in [1.54, 1.807) is 0 Å². The molecule has 0 heterocycles. The van der Waals surface area contributed by atoms with Crippen LogP contribution in [0.15, 0.2) is 0 Å². The highest BCUT2D eigenvalue weighted by Gasteiger charge is 2.40. The maximum atomic E-state index is 12.3. The molecule has 4 unspecified atom stereocenters. The molecule has 2 fully saturated rings. The van der Waals surface area contributed by atoms with E-state index in [1.165, 1.54) is 25.7 Å². The van der Waals surface area contributed by atoms with Gasteiger partial charge in [-0.3, -0.25) is 4.79 Å². The Morgan fingerprint density at radius 2 is 2.06 bits per heavy atom. The van der Waals surface area contributed by atoms with Crippen LogP contribution in [-0.4, -0.2) is 12.3 Å². The molecular weight excluding hydrogens is 210 g/mol. The zero-order valence-electron chi connectivity index (χ0n) is 11.3. The molecule has 0 saturated heterocycles. The van der Waals surface area contributed by atoms with Crippen LogP contribution in [0.4, 0.5) is 0 Å². The number of Topliss-reactive ketones (excluding diaryl/α,β-unsaturated/α-hetero) is 1. The molecule has 0 radical (unpaired) electrons. The Hall–Kier alpha value is -0.370. The van der Waals surface area contributed by atoms with Crippen LogP contribution in [0.3, 0.4) is 0 Å². The second-order valence-electron chi connectivity index (χ2n) is 6.67. The molecule has 2 aliphatic carbocycles. The zero-order valence-corrected chi connectivity index (χ0v) is 11.3. The molecule has 0 amide bonds. The van der Waals surface area contributed by atoms with Crippen molar-refractivity contribution in [2.24, 2.45) is 35.3 Å². The van der Waals surface area contributed by atoms with Gasteiger partial charge in [0.1, 0.15) is 5.78 Å². The van der Waals surface area contributed by atoms with Gasteiger partial charge in [0.05, 0.1) is 0 Å². The zero-order chi connectivity index (χ0) is 12.4. The van der Waals surface area contributed by atoms with E-state index in [-0.39, 0.29) is 5.92 Å². The summed E-state index contributed by atoms with van der Waals surface area (Å²) in [6.07, 6.45) is 7.29. The fourth-order valence-corrected chi connectivity index (χ4v) is 3.98. The summed E-state index contributed by atoms with van der Waals surface area (Å²) in [5.41, 5.74) is 5.75. The fraction of sp³-hybridized carbons (Fsp3) is 0.933. The van der Waals surface area contributed by atoms with E-state index >= 15 is 0 Å². The fourth-order valence-electron chi connectivity index (χ4n) is 3.98. The Kier molecular flexibility index (Phi) is 4.24. The van der Waals surface area contributed by atoms with Crippen LogP contribution in [-0.2, 0) is 4.79 Å². The lowest BCUT2D eigenvalue weighted by atomic mass is 9.81. The maximum absolute atomic E-state index is 12.3. The molecule has 2 nitrogen and oxygen atoms in total. The summed E-state index contributed by atoms with van der Waals surface area (Å²) in [6.45, 7) is 4.89. The van der Waals surface area contributed by atoms with E-state index < -0.39 is 0 Å². The monoisotopic (exact) mass is 237 g/mol. The molecule has 0 aromatic rings. The second-order valence-corrected chi connectivity index (χ2v) is 6.67. The van der Waals surface area contributed by atoms with Crippen molar-refractivity contribution < 1.29 is 4.79 Å². The lowest BCUT2D eigenvalue weighted by Crippen LogP contribution is -2.28. The number of nitrogens with two attached hydrogens (primary N) is 1. The van der Waals surface area contributed by atoms with Crippen LogP contribution >= 0.6 is 0 Å². The van der Waals surface area contributed by atoms with Gasteiger partial charge in [-0.15, -0.1) is 0 Å². The van der Waals surface area contributed by atoms with Gasteiger partial charge in [0, 0.05) is 18.9 Å². The predicted octanol–water partition coefficient (Wildman–Crippen LogP) is 3.00. The first-order valence-electron chi connectivity index (χ1n) is 7.33. The molecule has 2 heteroatoms. The van der Waals surface area contributed by atoms with E-state index in [0.717, 1.165) is 24.7 Å². The van der Waals surface area contributed by atoms with Crippen molar-refractivity contribution in [3.63, 3.8) is 0 Å². The number of rotatable bonds is 6. The first-order valence-corrected chi connectivity index (χ1v) is 7.33. The summed E-state index contributed by atoms with van der Waals surface area (Å²) in [7, 11) is 0. The smallest absolute Gasteiger partial charge is 0.137 e. The molecule has 2 N–H and O–H groups in total. The minimum Gasteiger partial charge on any atom is -0.330 e. The quantitative estimate of drug-likeness (QED) is 0.771. The van der Waals surface area contributed by atoms with E-state index in [9.17, 15) is 4.79 Å². The highest BCUT2D eigenvalue weighted by atomic mass is 16.1. The maximum Gasteiger partial charge on any atom is 0.137 e. The van der Waals surface area contributed by atoms with Crippen molar-refractivity contribution in [1.29, 1.82) is 0 Å². The number of hydrogen-bond acceptors (Lipinski definition) is 2. The van der Waals surface area contributed by atoms with Crippen molar-refractivity contribution in [3.8, 4) is 0 Å².